The van der Waals surface area contributed by atoms with E-state index in [1.807, 2.05) is 0 Å². The van der Waals surface area contributed by atoms with Crippen LogP contribution in [0.25, 0.3) is 0 Å². The number of benzene rings is 2. The molecule has 27 heavy (non-hydrogen) atoms. The van der Waals surface area contributed by atoms with Crippen molar-refractivity contribution < 1.29 is 9.18 Å². The normalized spacial score (nSPS) is 10.6. The number of nitrogens with one attached hydrogen (secondary N) is 1. The number of thioether (sulfide) groups is 1. The van der Waals surface area contributed by atoms with Crippen molar-refractivity contribution in [1.82, 2.24) is 10.3 Å². The lowest BCUT2D eigenvalue weighted by Gasteiger charge is -2.10. The highest BCUT2D eigenvalue weighted by Gasteiger charge is 2.13. The maximum absolute atomic E-state index is 13.8. The maximum atomic E-state index is 13.8. The molecule has 1 heterocycles. The molecule has 2 aromatic carbocycles. The SMILES string of the molecule is O=C(NCc1ccc(Cl)c(Cl)c1)c1cccnc1SCc1ccccc1F. The highest BCUT2D eigenvalue weighted by atomic mass is 35.5. The second-order valence-electron chi connectivity index (χ2n) is 5.67. The first kappa shape index (κ1) is 19.7. The Morgan fingerprint density at radius 1 is 1.07 bits per heavy atom. The highest BCUT2D eigenvalue weighted by Crippen LogP contribution is 2.26. The van der Waals surface area contributed by atoms with Crippen LogP contribution in [0.3, 0.4) is 0 Å². The predicted molar refractivity (Wildman–Crippen MR) is 108 cm³/mol. The third kappa shape index (κ3) is 5.22. The maximum Gasteiger partial charge on any atom is 0.254 e. The Balaban J connectivity index is 1.68. The van der Waals surface area contributed by atoms with Gasteiger partial charge in [0.1, 0.15) is 10.8 Å². The predicted octanol–water partition coefficient (Wildman–Crippen LogP) is 5.75. The van der Waals surface area contributed by atoms with Gasteiger partial charge in [0.15, 0.2) is 0 Å². The number of amides is 1. The number of aromatic nitrogens is 1. The Labute approximate surface area is 170 Å². The van der Waals surface area contributed by atoms with Crippen LogP contribution in [-0.2, 0) is 12.3 Å². The number of carbonyl (C=O) groups excluding carboxylic acids is 1. The van der Waals surface area contributed by atoms with Gasteiger partial charge in [-0.25, -0.2) is 9.37 Å². The number of hydrogen-bond donors (Lipinski definition) is 1. The number of nitrogens with zero attached hydrogens (tertiary/aromatic N) is 1. The zero-order valence-electron chi connectivity index (χ0n) is 14.1. The van der Waals surface area contributed by atoms with Crippen molar-refractivity contribution in [2.24, 2.45) is 0 Å². The van der Waals surface area contributed by atoms with E-state index in [-0.39, 0.29) is 11.7 Å². The van der Waals surface area contributed by atoms with Crippen LogP contribution in [-0.4, -0.2) is 10.9 Å². The van der Waals surface area contributed by atoms with Gasteiger partial charge in [-0.05, 0) is 41.5 Å². The second-order valence-corrected chi connectivity index (χ2v) is 7.45. The zero-order chi connectivity index (χ0) is 19.2. The number of carbonyl (C=O) groups is 1. The van der Waals surface area contributed by atoms with E-state index in [1.165, 1.54) is 17.8 Å². The van der Waals surface area contributed by atoms with Crippen molar-refractivity contribution in [3.8, 4) is 0 Å². The molecule has 0 aliphatic carbocycles. The summed E-state index contributed by atoms with van der Waals surface area (Å²) in [6.07, 6.45) is 1.61. The molecule has 0 fully saturated rings. The van der Waals surface area contributed by atoms with Gasteiger partial charge in [-0.1, -0.05) is 47.5 Å². The topological polar surface area (TPSA) is 42.0 Å². The second kappa shape index (κ2) is 9.22. The molecular weight excluding hydrogens is 406 g/mol. The average molecular weight is 421 g/mol. The number of rotatable bonds is 6. The Morgan fingerprint density at radius 3 is 2.67 bits per heavy atom. The molecule has 3 nitrogen and oxygen atoms in total. The molecule has 0 saturated heterocycles. The van der Waals surface area contributed by atoms with Gasteiger partial charge < -0.3 is 5.32 Å². The molecule has 0 atom stereocenters. The van der Waals surface area contributed by atoms with Crippen molar-refractivity contribution in [2.75, 3.05) is 0 Å². The molecular formula is C20H15Cl2FN2OS. The molecule has 3 aromatic rings. The van der Waals surface area contributed by atoms with Gasteiger partial charge in [-0.2, -0.15) is 0 Å². The van der Waals surface area contributed by atoms with Gasteiger partial charge in [0.25, 0.3) is 5.91 Å². The van der Waals surface area contributed by atoms with Gasteiger partial charge in [0, 0.05) is 18.5 Å². The summed E-state index contributed by atoms with van der Waals surface area (Å²) in [4.78, 5) is 16.8. The highest BCUT2D eigenvalue weighted by molar-refractivity contribution is 7.98. The smallest absolute Gasteiger partial charge is 0.254 e. The van der Waals surface area contributed by atoms with Crippen molar-refractivity contribution >= 4 is 40.9 Å². The van der Waals surface area contributed by atoms with Crippen LogP contribution >= 0.6 is 35.0 Å². The van der Waals surface area contributed by atoms with E-state index < -0.39 is 0 Å². The first-order valence-electron chi connectivity index (χ1n) is 8.08. The third-order valence-electron chi connectivity index (χ3n) is 3.78. The summed E-state index contributed by atoms with van der Waals surface area (Å²) in [5.41, 5.74) is 1.84. The average Bonchev–Trinajstić information content (AvgIpc) is 2.68. The van der Waals surface area contributed by atoms with Gasteiger partial charge in [-0.3, -0.25) is 4.79 Å². The fourth-order valence-corrected chi connectivity index (χ4v) is 3.67. The molecule has 7 heteroatoms. The van der Waals surface area contributed by atoms with Crippen LogP contribution in [0.2, 0.25) is 10.0 Å². The summed E-state index contributed by atoms with van der Waals surface area (Å²) < 4.78 is 13.8. The molecule has 1 aromatic heterocycles. The quantitative estimate of drug-likeness (QED) is 0.516. The Hall–Kier alpha value is -2.08. The Kier molecular flexibility index (Phi) is 6.72. The first-order chi connectivity index (χ1) is 13.0. The van der Waals surface area contributed by atoms with Crippen LogP contribution in [0.4, 0.5) is 4.39 Å². The minimum Gasteiger partial charge on any atom is -0.348 e. The zero-order valence-corrected chi connectivity index (χ0v) is 16.4. The molecule has 0 unspecified atom stereocenters. The minimum atomic E-state index is -0.272. The first-order valence-corrected chi connectivity index (χ1v) is 9.82. The van der Waals surface area contributed by atoms with Crippen LogP contribution in [0.5, 0.6) is 0 Å². The van der Waals surface area contributed by atoms with E-state index >= 15 is 0 Å². The molecule has 1 N–H and O–H groups in total. The van der Waals surface area contributed by atoms with Crippen LogP contribution in [0, 0.1) is 5.82 Å². The Morgan fingerprint density at radius 2 is 1.89 bits per heavy atom. The van der Waals surface area contributed by atoms with Crippen LogP contribution in [0.1, 0.15) is 21.5 Å². The summed E-state index contributed by atoms with van der Waals surface area (Å²) in [7, 11) is 0. The minimum absolute atomic E-state index is 0.259. The molecule has 0 bridgehead atoms. The molecule has 0 spiro atoms. The summed E-state index contributed by atoms with van der Waals surface area (Å²) in [6.45, 7) is 0.308. The van der Waals surface area contributed by atoms with Gasteiger partial charge in [0.05, 0.1) is 15.6 Å². The molecule has 1 amide bonds. The van der Waals surface area contributed by atoms with E-state index in [0.29, 0.717) is 38.5 Å². The molecule has 138 valence electrons. The molecule has 0 saturated carbocycles. The fourth-order valence-electron chi connectivity index (χ4n) is 2.37. The molecule has 3 rings (SSSR count). The van der Waals surface area contributed by atoms with Gasteiger partial charge in [0.2, 0.25) is 0 Å². The molecule has 0 radical (unpaired) electrons. The Bertz CT molecular complexity index is 968. The van der Waals surface area contributed by atoms with Gasteiger partial charge >= 0.3 is 0 Å². The lowest BCUT2D eigenvalue weighted by atomic mass is 10.2. The number of pyridine rings is 1. The van der Waals surface area contributed by atoms with Crippen molar-refractivity contribution in [3.05, 3.63) is 93.3 Å². The largest absolute Gasteiger partial charge is 0.348 e. The summed E-state index contributed by atoms with van der Waals surface area (Å²) in [5.74, 6) is -0.145. The monoisotopic (exact) mass is 420 g/mol. The summed E-state index contributed by atoms with van der Waals surface area (Å²) in [5, 5.41) is 4.29. The molecule has 0 aliphatic heterocycles. The van der Waals surface area contributed by atoms with Crippen molar-refractivity contribution in [2.45, 2.75) is 17.3 Å². The van der Waals surface area contributed by atoms with E-state index in [2.05, 4.69) is 10.3 Å². The van der Waals surface area contributed by atoms with E-state index in [4.69, 9.17) is 23.2 Å². The van der Waals surface area contributed by atoms with Crippen molar-refractivity contribution in [1.29, 1.82) is 0 Å². The lowest BCUT2D eigenvalue weighted by molar-refractivity contribution is 0.0947. The number of halogens is 3. The fraction of sp³-hybridized carbons (Fsp3) is 0.100. The summed E-state index contributed by atoms with van der Waals surface area (Å²) >= 11 is 13.2. The molecule has 0 aliphatic rings. The lowest BCUT2D eigenvalue weighted by Crippen LogP contribution is -2.23. The van der Waals surface area contributed by atoms with Gasteiger partial charge in [-0.15, -0.1) is 11.8 Å². The van der Waals surface area contributed by atoms with Crippen molar-refractivity contribution in [3.63, 3.8) is 0 Å². The van der Waals surface area contributed by atoms with E-state index in [9.17, 15) is 9.18 Å². The van der Waals surface area contributed by atoms with E-state index in [1.54, 1.807) is 54.7 Å². The number of hydrogen-bond acceptors (Lipinski definition) is 3. The third-order valence-corrected chi connectivity index (χ3v) is 5.57. The van der Waals surface area contributed by atoms with Crippen LogP contribution in [0.15, 0.2) is 65.8 Å². The standard InChI is InChI=1S/C20H15Cl2FN2OS/c21-16-8-7-13(10-17(16)22)11-25-19(26)15-5-3-9-24-20(15)27-12-14-4-1-2-6-18(14)23/h1-10H,11-12H2,(H,25,26). The summed E-state index contributed by atoms with van der Waals surface area (Å²) in [6, 6.07) is 15.1. The van der Waals surface area contributed by atoms with E-state index in [0.717, 1.165) is 5.56 Å². The van der Waals surface area contributed by atoms with Crippen LogP contribution < -0.4 is 5.32 Å².